The van der Waals surface area contributed by atoms with Crippen LogP contribution < -0.4 is 9.64 Å². The second-order valence-electron chi connectivity index (χ2n) is 6.91. The second kappa shape index (κ2) is 8.59. The molecule has 3 aromatic carbocycles. The number of benzene rings is 3. The van der Waals surface area contributed by atoms with Gasteiger partial charge in [0.2, 0.25) is 0 Å². The third kappa shape index (κ3) is 4.46. The minimum absolute atomic E-state index is 0.0253. The van der Waals surface area contributed by atoms with Crippen LogP contribution in [0.25, 0.3) is 11.1 Å². The maximum absolute atomic E-state index is 12.1. The summed E-state index contributed by atoms with van der Waals surface area (Å²) in [5.74, 6) is -1.64. The fraction of sp³-hybridized carbons (Fsp3) is 0.174. The summed E-state index contributed by atoms with van der Waals surface area (Å²) >= 11 is 0. The third-order valence-corrected chi connectivity index (χ3v) is 6.51. The predicted molar refractivity (Wildman–Crippen MR) is 117 cm³/mol. The molecule has 0 fully saturated rings. The first-order valence-corrected chi connectivity index (χ1v) is 10.9. The summed E-state index contributed by atoms with van der Waals surface area (Å²) in [7, 11) is -0.409. The Bertz CT molecular complexity index is 1170. The van der Waals surface area contributed by atoms with E-state index in [1.165, 1.54) is 12.1 Å². The van der Waals surface area contributed by atoms with Gasteiger partial charge in [-0.25, -0.2) is 8.42 Å². The van der Waals surface area contributed by atoms with E-state index in [1.54, 1.807) is 19.2 Å². The van der Waals surface area contributed by atoms with E-state index in [0.29, 0.717) is 5.75 Å². The summed E-state index contributed by atoms with van der Waals surface area (Å²) < 4.78 is 29.8. The number of hydrogen-bond donors (Lipinski definition) is 1. The lowest BCUT2D eigenvalue weighted by atomic mass is 9.99. The fourth-order valence-electron chi connectivity index (χ4n) is 3.28. The summed E-state index contributed by atoms with van der Waals surface area (Å²) in [6, 6.07) is 20.2. The van der Waals surface area contributed by atoms with E-state index in [9.17, 15) is 13.2 Å². The van der Waals surface area contributed by atoms with Crippen molar-refractivity contribution in [3.63, 3.8) is 0 Å². The lowest BCUT2D eigenvalue weighted by Crippen LogP contribution is -2.16. The molecule has 0 unspecified atom stereocenters. The van der Waals surface area contributed by atoms with Crippen LogP contribution in [0.15, 0.2) is 71.6 Å². The van der Waals surface area contributed by atoms with Gasteiger partial charge in [-0.15, -0.1) is 0 Å². The van der Waals surface area contributed by atoms with E-state index >= 15 is 0 Å². The quantitative estimate of drug-likeness (QED) is 0.608. The van der Waals surface area contributed by atoms with Crippen LogP contribution in [0.2, 0.25) is 0 Å². The molecule has 0 saturated carbocycles. The third-order valence-electron chi connectivity index (χ3n) is 4.89. The van der Waals surface area contributed by atoms with Crippen LogP contribution in [0, 0.1) is 6.92 Å². The number of carboxylic acid groups (broad SMARTS) is 1. The van der Waals surface area contributed by atoms with Gasteiger partial charge in [0.05, 0.1) is 17.7 Å². The van der Waals surface area contributed by atoms with Crippen molar-refractivity contribution in [1.82, 2.24) is 0 Å². The number of aryl methyl sites for hydroxylation is 1. The Hall–Kier alpha value is -3.32. The molecule has 156 valence electrons. The standard InChI is InChI=1S/C23H23NO5S/c1-16-6-4-5-7-20(16)17-8-13-22(29-3)21(14-17)24(2)18-9-11-19(12-10-18)30(27,28)15-23(25)26/h4-14H,15H2,1-3H3,(H,25,26). The summed E-state index contributed by atoms with van der Waals surface area (Å²) in [5, 5.41) is 8.80. The Morgan fingerprint density at radius 3 is 2.30 bits per heavy atom. The Morgan fingerprint density at radius 1 is 1.03 bits per heavy atom. The molecule has 0 aromatic heterocycles. The van der Waals surface area contributed by atoms with E-state index in [2.05, 4.69) is 19.1 Å². The molecule has 0 saturated heterocycles. The Morgan fingerprint density at radius 2 is 1.70 bits per heavy atom. The number of nitrogens with zero attached hydrogens (tertiary/aromatic N) is 1. The maximum atomic E-state index is 12.1. The monoisotopic (exact) mass is 425 g/mol. The first kappa shape index (κ1) is 21.4. The molecule has 6 nitrogen and oxygen atoms in total. The van der Waals surface area contributed by atoms with Crippen molar-refractivity contribution in [3.05, 3.63) is 72.3 Å². The molecule has 0 radical (unpaired) electrons. The molecule has 1 N–H and O–H groups in total. The van der Waals surface area contributed by atoms with Crippen molar-refractivity contribution >= 4 is 27.2 Å². The van der Waals surface area contributed by atoms with Crippen LogP contribution in [-0.2, 0) is 14.6 Å². The van der Waals surface area contributed by atoms with Gasteiger partial charge in [0.15, 0.2) is 15.6 Å². The Labute approximate surface area is 176 Å². The van der Waals surface area contributed by atoms with Gasteiger partial charge in [0.25, 0.3) is 0 Å². The van der Waals surface area contributed by atoms with Gasteiger partial charge in [-0.1, -0.05) is 30.3 Å². The Kier molecular flexibility index (Phi) is 6.12. The van der Waals surface area contributed by atoms with Gasteiger partial charge in [0, 0.05) is 12.7 Å². The molecule has 7 heteroatoms. The largest absolute Gasteiger partial charge is 0.495 e. The SMILES string of the molecule is COc1ccc(-c2ccccc2C)cc1N(C)c1ccc(S(=O)(=O)CC(=O)O)cc1. The molecule has 0 aliphatic carbocycles. The number of sulfone groups is 1. The second-order valence-corrected chi connectivity index (χ2v) is 8.90. The molecule has 3 rings (SSSR count). The van der Waals surface area contributed by atoms with E-state index < -0.39 is 21.6 Å². The number of carboxylic acids is 1. The highest BCUT2D eigenvalue weighted by atomic mass is 32.2. The van der Waals surface area contributed by atoms with Crippen LogP contribution in [0.4, 0.5) is 11.4 Å². The van der Waals surface area contributed by atoms with Crippen LogP contribution in [-0.4, -0.2) is 39.4 Å². The zero-order valence-electron chi connectivity index (χ0n) is 17.0. The number of hydrogen-bond acceptors (Lipinski definition) is 5. The first-order valence-electron chi connectivity index (χ1n) is 9.25. The highest BCUT2D eigenvalue weighted by molar-refractivity contribution is 7.92. The fourth-order valence-corrected chi connectivity index (χ4v) is 4.32. The van der Waals surface area contributed by atoms with Gasteiger partial charge < -0.3 is 14.7 Å². The van der Waals surface area contributed by atoms with Crippen LogP contribution in [0.5, 0.6) is 5.75 Å². The molecule has 0 amide bonds. The molecular weight excluding hydrogens is 402 g/mol. The van der Waals surface area contributed by atoms with Crippen LogP contribution in [0.1, 0.15) is 5.56 Å². The molecular formula is C23H23NO5S. The first-order chi connectivity index (χ1) is 14.2. The minimum Gasteiger partial charge on any atom is -0.495 e. The average molecular weight is 426 g/mol. The topological polar surface area (TPSA) is 83.9 Å². The Balaban J connectivity index is 1.98. The van der Waals surface area contributed by atoms with E-state index in [-0.39, 0.29) is 4.90 Å². The number of ether oxygens (including phenoxy) is 1. The number of anilines is 2. The normalized spacial score (nSPS) is 11.2. The average Bonchev–Trinajstić information content (AvgIpc) is 2.72. The number of methoxy groups -OCH3 is 1. The van der Waals surface area contributed by atoms with Gasteiger partial charge in [-0.05, 0) is 60.0 Å². The van der Waals surface area contributed by atoms with Crippen molar-refractivity contribution < 1.29 is 23.1 Å². The van der Waals surface area contributed by atoms with Crippen molar-refractivity contribution in [3.8, 4) is 16.9 Å². The zero-order valence-corrected chi connectivity index (χ0v) is 17.8. The van der Waals surface area contributed by atoms with Gasteiger partial charge >= 0.3 is 5.97 Å². The van der Waals surface area contributed by atoms with Crippen molar-refractivity contribution in [2.75, 3.05) is 24.8 Å². The summed E-state index contributed by atoms with van der Waals surface area (Å²) in [4.78, 5) is 12.7. The molecule has 0 heterocycles. The predicted octanol–water partition coefficient (Wildman–Crippen LogP) is 4.30. The molecule has 0 aliphatic heterocycles. The summed E-state index contributed by atoms with van der Waals surface area (Å²) in [5.41, 5.74) is 4.87. The highest BCUT2D eigenvalue weighted by Crippen LogP contribution is 2.37. The molecule has 0 spiro atoms. The van der Waals surface area contributed by atoms with Gasteiger partial charge in [-0.3, -0.25) is 4.79 Å². The van der Waals surface area contributed by atoms with E-state index in [4.69, 9.17) is 9.84 Å². The molecule has 0 bridgehead atoms. The van der Waals surface area contributed by atoms with Crippen LogP contribution in [0.3, 0.4) is 0 Å². The lowest BCUT2D eigenvalue weighted by Gasteiger charge is -2.23. The maximum Gasteiger partial charge on any atom is 0.319 e. The molecule has 0 aliphatic rings. The van der Waals surface area contributed by atoms with Crippen molar-refractivity contribution in [1.29, 1.82) is 0 Å². The zero-order chi connectivity index (χ0) is 21.9. The molecule has 0 atom stereocenters. The van der Waals surface area contributed by atoms with Gasteiger partial charge in [-0.2, -0.15) is 0 Å². The smallest absolute Gasteiger partial charge is 0.319 e. The van der Waals surface area contributed by atoms with E-state index in [0.717, 1.165) is 28.1 Å². The van der Waals surface area contributed by atoms with E-state index in [1.807, 2.05) is 42.3 Å². The minimum atomic E-state index is -3.87. The van der Waals surface area contributed by atoms with Crippen molar-refractivity contribution in [2.45, 2.75) is 11.8 Å². The molecule has 30 heavy (non-hydrogen) atoms. The number of rotatable bonds is 7. The summed E-state index contributed by atoms with van der Waals surface area (Å²) in [6.07, 6.45) is 0. The van der Waals surface area contributed by atoms with Crippen molar-refractivity contribution in [2.24, 2.45) is 0 Å². The number of aliphatic carboxylic acids is 1. The summed E-state index contributed by atoms with van der Waals surface area (Å²) in [6.45, 7) is 2.05. The lowest BCUT2D eigenvalue weighted by molar-refractivity contribution is -0.134. The highest BCUT2D eigenvalue weighted by Gasteiger charge is 2.19. The van der Waals surface area contributed by atoms with Crippen LogP contribution >= 0.6 is 0 Å². The molecule has 3 aromatic rings. The number of carbonyl (C=O) groups is 1. The van der Waals surface area contributed by atoms with Gasteiger partial charge in [0.1, 0.15) is 5.75 Å².